The third kappa shape index (κ3) is 1.89. The minimum absolute atomic E-state index is 0.183. The van der Waals surface area contributed by atoms with E-state index in [2.05, 4.69) is 6.92 Å². The Kier molecular flexibility index (Phi) is 3.10. The van der Waals surface area contributed by atoms with E-state index in [9.17, 15) is 4.79 Å². The average Bonchev–Trinajstić information content (AvgIpc) is 2.27. The van der Waals surface area contributed by atoms with Gasteiger partial charge < -0.3 is 9.47 Å². The molecule has 0 unspecified atom stereocenters. The van der Waals surface area contributed by atoms with E-state index in [1.807, 2.05) is 6.07 Å². The SMILES string of the molecule is COc1cc2c(cc1OC)C(=O)C[C@H](C)S2. The van der Waals surface area contributed by atoms with Gasteiger partial charge in [-0.15, -0.1) is 11.8 Å². The Morgan fingerprint density at radius 3 is 2.50 bits per heavy atom. The quantitative estimate of drug-likeness (QED) is 0.793. The minimum atomic E-state index is 0.183. The Labute approximate surface area is 99.1 Å². The van der Waals surface area contributed by atoms with Crippen molar-refractivity contribution in [2.45, 2.75) is 23.5 Å². The van der Waals surface area contributed by atoms with Gasteiger partial charge in [-0.1, -0.05) is 6.92 Å². The zero-order valence-electron chi connectivity index (χ0n) is 9.57. The fraction of sp³-hybridized carbons (Fsp3) is 0.417. The number of Topliss-reactive ketones (excluding diaryl/α,β-unsaturated/α-hetero) is 1. The lowest BCUT2D eigenvalue weighted by molar-refractivity contribution is 0.0977. The summed E-state index contributed by atoms with van der Waals surface area (Å²) in [5.41, 5.74) is 0.751. The normalized spacial score (nSPS) is 19.2. The van der Waals surface area contributed by atoms with Crippen LogP contribution in [-0.4, -0.2) is 25.3 Å². The molecule has 0 fully saturated rings. The summed E-state index contributed by atoms with van der Waals surface area (Å²) in [4.78, 5) is 12.8. The molecule has 1 aliphatic rings. The Balaban J connectivity index is 2.51. The molecule has 86 valence electrons. The largest absolute Gasteiger partial charge is 0.493 e. The van der Waals surface area contributed by atoms with Gasteiger partial charge in [0.05, 0.1) is 14.2 Å². The minimum Gasteiger partial charge on any atom is -0.493 e. The smallest absolute Gasteiger partial charge is 0.165 e. The van der Waals surface area contributed by atoms with Crippen LogP contribution in [0, 0.1) is 0 Å². The van der Waals surface area contributed by atoms with Crippen molar-refractivity contribution in [1.29, 1.82) is 0 Å². The summed E-state index contributed by atoms with van der Waals surface area (Å²) in [6, 6.07) is 3.65. The van der Waals surface area contributed by atoms with Gasteiger partial charge in [0.25, 0.3) is 0 Å². The number of ketones is 1. The van der Waals surface area contributed by atoms with Gasteiger partial charge in [-0.2, -0.15) is 0 Å². The molecular weight excluding hydrogens is 224 g/mol. The zero-order valence-corrected chi connectivity index (χ0v) is 10.4. The Morgan fingerprint density at radius 2 is 1.88 bits per heavy atom. The first-order chi connectivity index (χ1) is 7.65. The van der Waals surface area contributed by atoms with Crippen molar-refractivity contribution in [2.24, 2.45) is 0 Å². The Hall–Kier alpha value is -1.16. The van der Waals surface area contributed by atoms with Gasteiger partial charge in [0.1, 0.15) is 0 Å². The fourth-order valence-electron chi connectivity index (χ4n) is 1.81. The predicted octanol–water partition coefficient (Wildman–Crippen LogP) is 2.77. The molecule has 0 N–H and O–H groups in total. The number of carbonyl (C=O) groups excluding carboxylic acids is 1. The first-order valence-electron chi connectivity index (χ1n) is 5.11. The highest BCUT2D eigenvalue weighted by molar-refractivity contribution is 8.00. The molecule has 16 heavy (non-hydrogen) atoms. The molecule has 0 amide bonds. The monoisotopic (exact) mass is 238 g/mol. The number of hydrogen-bond acceptors (Lipinski definition) is 4. The second kappa shape index (κ2) is 4.37. The van der Waals surface area contributed by atoms with Crippen LogP contribution in [0.3, 0.4) is 0 Å². The van der Waals surface area contributed by atoms with Crippen molar-refractivity contribution in [3.05, 3.63) is 17.7 Å². The van der Waals surface area contributed by atoms with E-state index in [-0.39, 0.29) is 5.78 Å². The van der Waals surface area contributed by atoms with Crippen molar-refractivity contribution in [3.63, 3.8) is 0 Å². The third-order valence-corrected chi connectivity index (χ3v) is 3.75. The van der Waals surface area contributed by atoms with Crippen LogP contribution in [0.15, 0.2) is 17.0 Å². The topological polar surface area (TPSA) is 35.5 Å². The van der Waals surface area contributed by atoms with Crippen molar-refractivity contribution in [3.8, 4) is 11.5 Å². The first-order valence-corrected chi connectivity index (χ1v) is 5.99. The molecule has 0 saturated heterocycles. The van der Waals surface area contributed by atoms with Gasteiger partial charge >= 0.3 is 0 Å². The predicted molar refractivity (Wildman–Crippen MR) is 63.8 cm³/mol. The molecule has 4 heteroatoms. The van der Waals surface area contributed by atoms with Gasteiger partial charge in [0, 0.05) is 22.1 Å². The van der Waals surface area contributed by atoms with Crippen LogP contribution < -0.4 is 9.47 Å². The van der Waals surface area contributed by atoms with Crippen LogP contribution >= 0.6 is 11.8 Å². The standard InChI is InChI=1S/C12H14O3S/c1-7-4-9(13)8-5-10(14-2)11(15-3)6-12(8)16-7/h5-7H,4H2,1-3H3/t7-/m0/s1. The molecule has 2 rings (SSSR count). The summed E-state index contributed by atoms with van der Waals surface area (Å²) < 4.78 is 10.4. The summed E-state index contributed by atoms with van der Waals surface area (Å²) in [6.45, 7) is 2.06. The molecule has 0 aliphatic carbocycles. The third-order valence-electron chi connectivity index (χ3n) is 2.59. The molecule has 3 nitrogen and oxygen atoms in total. The van der Waals surface area contributed by atoms with Crippen LogP contribution in [0.4, 0.5) is 0 Å². The van der Waals surface area contributed by atoms with Crippen molar-refractivity contribution >= 4 is 17.5 Å². The summed E-state index contributed by atoms with van der Waals surface area (Å²) in [6.07, 6.45) is 0.590. The van der Waals surface area contributed by atoms with Crippen LogP contribution in [-0.2, 0) is 0 Å². The van der Waals surface area contributed by atoms with Gasteiger partial charge in [0.15, 0.2) is 17.3 Å². The number of thioether (sulfide) groups is 1. The van der Waals surface area contributed by atoms with E-state index in [0.717, 1.165) is 10.5 Å². The lowest BCUT2D eigenvalue weighted by Gasteiger charge is -2.21. The number of fused-ring (bicyclic) bond motifs is 1. The number of hydrogen-bond donors (Lipinski definition) is 0. The van der Waals surface area contributed by atoms with E-state index < -0.39 is 0 Å². The van der Waals surface area contributed by atoms with Crippen molar-refractivity contribution in [1.82, 2.24) is 0 Å². The second-order valence-electron chi connectivity index (χ2n) is 3.76. The van der Waals surface area contributed by atoms with E-state index >= 15 is 0 Å². The molecule has 1 aromatic carbocycles. The zero-order chi connectivity index (χ0) is 11.7. The molecule has 0 spiro atoms. The highest BCUT2D eigenvalue weighted by Crippen LogP contribution is 2.41. The molecule has 0 saturated carbocycles. The van der Waals surface area contributed by atoms with E-state index in [1.54, 1.807) is 32.0 Å². The summed E-state index contributed by atoms with van der Waals surface area (Å²) in [5.74, 6) is 1.47. The molecule has 0 bridgehead atoms. The van der Waals surface area contributed by atoms with Crippen LogP contribution in [0.1, 0.15) is 23.7 Å². The van der Waals surface area contributed by atoms with Crippen LogP contribution in [0.25, 0.3) is 0 Å². The summed E-state index contributed by atoms with van der Waals surface area (Å²) in [5, 5.41) is 0.332. The number of ether oxygens (including phenoxy) is 2. The van der Waals surface area contributed by atoms with Crippen LogP contribution in [0.5, 0.6) is 11.5 Å². The average molecular weight is 238 g/mol. The van der Waals surface area contributed by atoms with E-state index in [0.29, 0.717) is 23.2 Å². The Morgan fingerprint density at radius 1 is 1.25 bits per heavy atom. The maximum absolute atomic E-state index is 11.9. The number of rotatable bonds is 2. The molecule has 1 atom stereocenters. The van der Waals surface area contributed by atoms with Crippen molar-refractivity contribution < 1.29 is 14.3 Å². The highest BCUT2D eigenvalue weighted by Gasteiger charge is 2.25. The highest BCUT2D eigenvalue weighted by atomic mass is 32.2. The maximum Gasteiger partial charge on any atom is 0.165 e. The molecule has 1 heterocycles. The first kappa shape index (κ1) is 11.3. The van der Waals surface area contributed by atoms with Crippen LogP contribution in [0.2, 0.25) is 0 Å². The van der Waals surface area contributed by atoms with Gasteiger partial charge in [-0.3, -0.25) is 4.79 Å². The number of benzene rings is 1. The lowest BCUT2D eigenvalue weighted by atomic mass is 10.1. The fourth-order valence-corrected chi connectivity index (χ4v) is 2.95. The van der Waals surface area contributed by atoms with E-state index in [1.165, 1.54) is 0 Å². The maximum atomic E-state index is 11.9. The van der Waals surface area contributed by atoms with E-state index in [4.69, 9.17) is 9.47 Å². The molecule has 1 aromatic rings. The van der Waals surface area contributed by atoms with Gasteiger partial charge in [0.2, 0.25) is 0 Å². The van der Waals surface area contributed by atoms with Crippen molar-refractivity contribution in [2.75, 3.05) is 14.2 Å². The summed E-state index contributed by atoms with van der Waals surface area (Å²) >= 11 is 1.71. The molecule has 1 aliphatic heterocycles. The Bertz CT molecular complexity index is 429. The summed E-state index contributed by atoms with van der Waals surface area (Å²) in [7, 11) is 3.18. The number of carbonyl (C=O) groups is 1. The van der Waals surface area contributed by atoms with Gasteiger partial charge in [-0.05, 0) is 12.1 Å². The number of methoxy groups -OCH3 is 2. The molecule has 0 aromatic heterocycles. The molecule has 0 radical (unpaired) electrons. The second-order valence-corrected chi connectivity index (χ2v) is 5.24. The molecular formula is C12H14O3S. The lowest BCUT2D eigenvalue weighted by Crippen LogP contribution is -2.14. The van der Waals surface area contributed by atoms with Gasteiger partial charge in [-0.25, -0.2) is 0 Å².